The van der Waals surface area contributed by atoms with E-state index >= 15 is 0 Å². The maximum atomic E-state index is 13.5. The van der Waals surface area contributed by atoms with Crippen molar-refractivity contribution in [2.75, 3.05) is 12.1 Å². The van der Waals surface area contributed by atoms with Crippen LogP contribution in [0.5, 0.6) is 11.5 Å². The number of aryl methyl sites for hydroxylation is 2. The van der Waals surface area contributed by atoms with E-state index in [4.69, 9.17) is 14.0 Å². The predicted octanol–water partition coefficient (Wildman–Crippen LogP) is 2.77. The Bertz CT molecular complexity index is 1680. The minimum absolute atomic E-state index is 0.0760. The molecular formula is C24H20N6O5. The van der Waals surface area contributed by atoms with Gasteiger partial charge in [0.2, 0.25) is 18.6 Å². The molecule has 6 rings (SSSR count). The topological polar surface area (TPSA) is 126 Å². The summed E-state index contributed by atoms with van der Waals surface area (Å²) >= 11 is 0. The fourth-order valence-electron chi connectivity index (χ4n) is 4.26. The van der Waals surface area contributed by atoms with E-state index in [1.807, 2.05) is 25.1 Å². The lowest BCUT2D eigenvalue weighted by atomic mass is 10.1. The molecule has 5 aromatic rings. The standard InChI is InChI=1S/C24H20N6O5/c1-13-3-5-17-16(7-13)22-23(24(32)29(11-25-22)10-21-26-14(2)28-35-21)30(17)9-20(31)27-15-4-6-18-19(8-15)34-12-33-18/h3-8,11H,9-10,12H2,1-2H3,(H,27,31). The number of nitrogens with one attached hydrogen (secondary N) is 1. The number of anilines is 1. The van der Waals surface area contributed by atoms with Crippen molar-refractivity contribution in [3.8, 4) is 11.5 Å². The van der Waals surface area contributed by atoms with Crippen molar-refractivity contribution in [3.63, 3.8) is 0 Å². The zero-order chi connectivity index (χ0) is 24.1. The second kappa shape index (κ2) is 7.97. The fraction of sp³-hybridized carbons (Fsp3) is 0.208. The third-order valence-corrected chi connectivity index (χ3v) is 5.82. The van der Waals surface area contributed by atoms with Crippen molar-refractivity contribution >= 4 is 33.5 Å². The van der Waals surface area contributed by atoms with E-state index in [-0.39, 0.29) is 31.3 Å². The monoisotopic (exact) mass is 472 g/mol. The Kier molecular flexibility index (Phi) is 4.76. The van der Waals surface area contributed by atoms with E-state index in [1.165, 1.54) is 10.9 Å². The van der Waals surface area contributed by atoms with Gasteiger partial charge in [-0.3, -0.25) is 14.2 Å². The lowest BCUT2D eigenvalue weighted by Crippen LogP contribution is -2.25. The fourth-order valence-corrected chi connectivity index (χ4v) is 4.26. The molecule has 0 fully saturated rings. The molecule has 0 saturated heterocycles. The molecule has 1 N–H and O–H groups in total. The van der Waals surface area contributed by atoms with Gasteiger partial charge in [0.05, 0.1) is 11.8 Å². The Morgan fingerprint density at radius 3 is 2.80 bits per heavy atom. The van der Waals surface area contributed by atoms with Gasteiger partial charge < -0.3 is 23.9 Å². The minimum atomic E-state index is -0.310. The second-order valence-corrected chi connectivity index (χ2v) is 8.33. The van der Waals surface area contributed by atoms with Crippen molar-refractivity contribution in [2.45, 2.75) is 26.9 Å². The van der Waals surface area contributed by atoms with E-state index in [0.29, 0.717) is 39.9 Å². The van der Waals surface area contributed by atoms with Crippen LogP contribution < -0.4 is 20.3 Å². The number of hydrogen-bond donors (Lipinski definition) is 1. The molecule has 35 heavy (non-hydrogen) atoms. The Labute approximate surface area is 197 Å². The molecule has 0 radical (unpaired) electrons. The summed E-state index contributed by atoms with van der Waals surface area (Å²) < 4.78 is 19.0. The molecule has 0 atom stereocenters. The van der Waals surface area contributed by atoms with Crippen molar-refractivity contribution in [1.82, 2.24) is 24.3 Å². The molecule has 11 nitrogen and oxygen atoms in total. The van der Waals surface area contributed by atoms with E-state index in [0.717, 1.165) is 16.5 Å². The summed E-state index contributed by atoms with van der Waals surface area (Å²) in [5.41, 5.74) is 2.87. The van der Waals surface area contributed by atoms with Crippen LogP contribution in [0.25, 0.3) is 21.9 Å². The number of aromatic nitrogens is 5. The van der Waals surface area contributed by atoms with Crippen molar-refractivity contribution in [3.05, 3.63) is 70.4 Å². The first kappa shape index (κ1) is 20.9. The molecule has 0 spiro atoms. The highest BCUT2D eigenvalue weighted by molar-refractivity contribution is 6.06. The Balaban J connectivity index is 1.41. The average Bonchev–Trinajstić information content (AvgIpc) is 3.53. The summed E-state index contributed by atoms with van der Waals surface area (Å²) in [5, 5.41) is 7.44. The SMILES string of the molecule is Cc1ccc2c(c1)c1ncn(Cc3nc(C)no3)c(=O)c1n2CC(=O)Nc1ccc2c(c1)OCO2. The first-order valence-electron chi connectivity index (χ1n) is 10.9. The van der Waals surface area contributed by atoms with Crippen LogP contribution in [-0.2, 0) is 17.9 Å². The van der Waals surface area contributed by atoms with Crippen molar-refractivity contribution in [2.24, 2.45) is 0 Å². The maximum absolute atomic E-state index is 13.5. The predicted molar refractivity (Wildman–Crippen MR) is 126 cm³/mol. The number of ether oxygens (including phenoxy) is 2. The van der Waals surface area contributed by atoms with Gasteiger partial charge in [0.1, 0.15) is 24.1 Å². The van der Waals surface area contributed by atoms with Gasteiger partial charge in [-0.15, -0.1) is 0 Å². The maximum Gasteiger partial charge on any atom is 0.278 e. The van der Waals surface area contributed by atoms with Crippen LogP contribution in [-0.4, -0.2) is 37.0 Å². The summed E-state index contributed by atoms with van der Waals surface area (Å²) in [6.07, 6.45) is 1.46. The molecule has 176 valence electrons. The average molecular weight is 472 g/mol. The highest BCUT2D eigenvalue weighted by Crippen LogP contribution is 2.34. The van der Waals surface area contributed by atoms with Crippen molar-refractivity contribution < 1.29 is 18.8 Å². The molecular weight excluding hydrogens is 452 g/mol. The first-order valence-corrected chi connectivity index (χ1v) is 10.9. The molecule has 1 aliphatic rings. The number of carbonyl (C=O) groups is 1. The van der Waals surface area contributed by atoms with E-state index < -0.39 is 0 Å². The third kappa shape index (κ3) is 3.66. The molecule has 0 aliphatic carbocycles. The lowest BCUT2D eigenvalue weighted by Gasteiger charge is -2.10. The van der Waals surface area contributed by atoms with Crippen LogP contribution in [0.4, 0.5) is 5.69 Å². The smallest absolute Gasteiger partial charge is 0.278 e. The third-order valence-electron chi connectivity index (χ3n) is 5.82. The molecule has 3 aromatic heterocycles. The number of fused-ring (bicyclic) bond motifs is 4. The van der Waals surface area contributed by atoms with Crippen LogP contribution >= 0.6 is 0 Å². The van der Waals surface area contributed by atoms with Gasteiger partial charge in [-0.1, -0.05) is 16.8 Å². The number of benzene rings is 2. The van der Waals surface area contributed by atoms with Crippen molar-refractivity contribution in [1.29, 1.82) is 0 Å². The van der Waals surface area contributed by atoms with Gasteiger partial charge in [-0.25, -0.2) is 4.98 Å². The van der Waals surface area contributed by atoms with E-state index in [9.17, 15) is 9.59 Å². The number of amides is 1. The van der Waals surface area contributed by atoms with Crippen LogP contribution in [0.15, 0.2) is 52.0 Å². The summed E-state index contributed by atoms with van der Waals surface area (Å²) in [6.45, 7) is 3.81. The molecule has 1 amide bonds. The second-order valence-electron chi connectivity index (χ2n) is 8.33. The number of carbonyl (C=O) groups excluding carboxylic acids is 1. The van der Waals surface area contributed by atoms with Gasteiger partial charge in [0.15, 0.2) is 17.3 Å². The number of rotatable bonds is 5. The lowest BCUT2D eigenvalue weighted by molar-refractivity contribution is -0.116. The van der Waals surface area contributed by atoms with Gasteiger partial charge in [0, 0.05) is 17.1 Å². The quantitative estimate of drug-likeness (QED) is 0.414. The Morgan fingerprint density at radius 1 is 1.11 bits per heavy atom. The number of nitrogens with zero attached hydrogens (tertiary/aromatic N) is 5. The van der Waals surface area contributed by atoms with Gasteiger partial charge >= 0.3 is 0 Å². The molecule has 4 heterocycles. The van der Waals surface area contributed by atoms with Crippen LogP contribution in [0, 0.1) is 13.8 Å². The molecule has 11 heteroatoms. The molecule has 1 aliphatic heterocycles. The number of hydrogen-bond acceptors (Lipinski definition) is 8. The molecule has 0 saturated carbocycles. The normalized spacial score (nSPS) is 12.5. The summed E-state index contributed by atoms with van der Waals surface area (Å²) in [5.74, 6) is 1.67. The molecule has 0 unspecified atom stereocenters. The van der Waals surface area contributed by atoms with Crippen LogP contribution in [0.1, 0.15) is 17.3 Å². The van der Waals surface area contributed by atoms with Gasteiger partial charge in [-0.05, 0) is 38.1 Å². The van der Waals surface area contributed by atoms with E-state index in [1.54, 1.807) is 29.7 Å². The molecule has 2 aromatic carbocycles. The van der Waals surface area contributed by atoms with Gasteiger partial charge in [0.25, 0.3) is 5.56 Å². The highest BCUT2D eigenvalue weighted by atomic mass is 16.7. The Hall–Kier alpha value is -4.67. The summed E-state index contributed by atoms with van der Waals surface area (Å²) in [6, 6.07) is 11.0. The van der Waals surface area contributed by atoms with Crippen LogP contribution in [0.3, 0.4) is 0 Å². The van der Waals surface area contributed by atoms with Crippen LogP contribution in [0.2, 0.25) is 0 Å². The highest BCUT2D eigenvalue weighted by Gasteiger charge is 2.20. The zero-order valence-corrected chi connectivity index (χ0v) is 18.9. The molecule has 0 bridgehead atoms. The largest absolute Gasteiger partial charge is 0.454 e. The van der Waals surface area contributed by atoms with Gasteiger partial charge in [-0.2, -0.15) is 4.98 Å². The minimum Gasteiger partial charge on any atom is -0.454 e. The first-order chi connectivity index (χ1) is 17.0. The summed E-state index contributed by atoms with van der Waals surface area (Å²) in [7, 11) is 0. The zero-order valence-electron chi connectivity index (χ0n) is 18.9. The Morgan fingerprint density at radius 2 is 1.97 bits per heavy atom. The summed E-state index contributed by atoms with van der Waals surface area (Å²) in [4.78, 5) is 35.3. The van der Waals surface area contributed by atoms with E-state index in [2.05, 4.69) is 20.4 Å².